The summed E-state index contributed by atoms with van der Waals surface area (Å²) in [7, 11) is -5.48. The number of hydrogen-bond acceptors (Lipinski definition) is 3. The van der Waals surface area contributed by atoms with Gasteiger partial charge in [0.05, 0.1) is 6.61 Å². The lowest BCUT2D eigenvalue weighted by Crippen LogP contribution is -2.26. The van der Waals surface area contributed by atoms with Crippen LogP contribution in [0.4, 0.5) is 13.2 Å². The van der Waals surface area contributed by atoms with E-state index in [1.165, 1.54) is 0 Å². The van der Waals surface area contributed by atoms with Crippen molar-refractivity contribution in [3.05, 3.63) is 35.4 Å². The van der Waals surface area contributed by atoms with Gasteiger partial charge in [-0.2, -0.15) is 21.6 Å². The molecule has 21 heavy (non-hydrogen) atoms. The molecular formula is C14H19F3O3S. The third-order valence-corrected chi connectivity index (χ3v) is 4.00. The molecule has 0 saturated carbocycles. The minimum atomic E-state index is -5.48. The van der Waals surface area contributed by atoms with Crippen LogP contribution < -0.4 is 0 Å². The smallest absolute Gasteiger partial charge is 0.263 e. The van der Waals surface area contributed by atoms with Gasteiger partial charge in [0.2, 0.25) is 0 Å². The molecule has 0 aliphatic rings. The molecule has 0 heterocycles. The van der Waals surface area contributed by atoms with E-state index in [1.807, 2.05) is 24.3 Å². The predicted molar refractivity (Wildman–Crippen MR) is 74.4 cm³/mol. The first-order valence-corrected chi connectivity index (χ1v) is 7.89. The fourth-order valence-corrected chi connectivity index (χ4v) is 2.15. The first kappa shape index (κ1) is 18.0. The van der Waals surface area contributed by atoms with Crippen LogP contribution in [0.1, 0.15) is 38.3 Å². The highest BCUT2D eigenvalue weighted by Crippen LogP contribution is 2.25. The Morgan fingerprint density at radius 2 is 1.57 bits per heavy atom. The molecule has 1 aromatic carbocycles. The van der Waals surface area contributed by atoms with E-state index in [1.54, 1.807) is 0 Å². The molecule has 0 bridgehead atoms. The van der Waals surface area contributed by atoms with Crippen molar-refractivity contribution in [1.82, 2.24) is 0 Å². The van der Waals surface area contributed by atoms with Gasteiger partial charge >= 0.3 is 15.6 Å². The molecule has 1 rings (SSSR count). The monoisotopic (exact) mass is 324 g/mol. The van der Waals surface area contributed by atoms with Crippen LogP contribution in [0.5, 0.6) is 0 Å². The number of hydrogen-bond donors (Lipinski definition) is 0. The predicted octanol–water partition coefficient (Wildman–Crippen LogP) is 3.78. The maximum absolute atomic E-state index is 12.0. The van der Waals surface area contributed by atoms with Gasteiger partial charge in [-0.3, -0.25) is 4.18 Å². The summed E-state index contributed by atoms with van der Waals surface area (Å²) >= 11 is 0. The summed E-state index contributed by atoms with van der Waals surface area (Å²) in [5.41, 5.74) is -3.25. The third-order valence-electron chi connectivity index (χ3n) is 2.95. The number of halogens is 3. The molecule has 0 aliphatic heterocycles. The van der Waals surface area contributed by atoms with Crippen LogP contribution in [0.15, 0.2) is 24.3 Å². The van der Waals surface area contributed by atoms with Crippen molar-refractivity contribution in [3.8, 4) is 0 Å². The van der Waals surface area contributed by atoms with Gasteiger partial charge in [0, 0.05) is 0 Å². The molecule has 0 radical (unpaired) electrons. The lowest BCUT2D eigenvalue weighted by atomic mass is 9.86. The largest absolute Gasteiger partial charge is 0.523 e. The standard InChI is InChI=1S/C14H19F3O3S/c1-13(2,3)12-8-6-11(7-9-12)5-4-10-20-21(18,19)14(15,16)17/h6-9H,4-5,10H2,1-3H3. The summed E-state index contributed by atoms with van der Waals surface area (Å²) in [6, 6.07) is 7.70. The highest BCUT2D eigenvalue weighted by molar-refractivity contribution is 7.87. The van der Waals surface area contributed by atoms with Crippen molar-refractivity contribution < 1.29 is 25.8 Å². The fourth-order valence-electron chi connectivity index (χ4n) is 1.68. The Kier molecular flexibility index (Phi) is 5.44. The Morgan fingerprint density at radius 1 is 1.05 bits per heavy atom. The number of rotatable bonds is 5. The normalized spacial score (nSPS) is 13.4. The topological polar surface area (TPSA) is 43.4 Å². The quantitative estimate of drug-likeness (QED) is 0.470. The second-order valence-electron chi connectivity index (χ2n) is 5.77. The summed E-state index contributed by atoms with van der Waals surface area (Å²) < 4.78 is 61.4. The van der Waals surface area contributed by atoms with Crippen LogP contribution >= 0.6 is 0 Å². The molecule has 0 atom stereocenters. The zero-order chi connectivity index (χ0) is 16.3. The molecule has 0 amide bonds. The molecule has 120 valence electrons. The van der Waals surface area contributed by atoms with Gasteiger partial charge in [0.25, 0.3) is 0 Å². The van der Waals surface area contributed by atoms with Crippen LogP contribution in [0, 0.1) is 0 Å². The average Bonchev–Trinajstić information content (AvgIpc) is 2.33. The minimum absolute atomic E-state index is 0.0302. The van der Waals surface area contributed by atoms with E-state index in [0.29, 0.717) is 6.42 Å². The molecule has 3 nitrogen and oxygen atoms in total. The van der Waals surface area contributed by atoms with Gasteiger partial charge in [0.15, 0.2) is 0 Å². The van der Waals surface area contributed by atoms with Crippen molar-refractivity contribution in [2.45, 2.75) is 44.5 Å². The Bertz CT molecular complexity index is 555. The van der Waals surface area contributed by atoms with Crippen molar-refractivity contribution in [1.29, 1.82) is 0 Å². The van der Waals surface area contributed by atoms with E-state index < -0.39 is 22.2 Å². The zero-order valence-corrected chi connectivity index (χ0v) is 13.0. The summed E-state index contributed by atoms with van der Waals surface area (Å²) in [4.78, 5) is 0. The van der Waals surface area contributed by atoms with Crippen LogP contribution in [0.25, 0.3) is 0 Å². The van der Waals surface area contributed by atoms with Gasteiger partial charge in [-0.25, -0.2) is 0 Å². The molecule has 0 spiro atoms. The third kappa shape index (κ3) is 5.32. The lowest BCUT2D eigenvalue weighted by molar-refractivity contribution is -0.0542. The van der Waals surface area contributed by atoms with Crippen molar-refractivity contribution in [2.24, 2.45) is 0 Å². The van der Waals surface area contributed by atoms with Crippen LogP contribution in [0.3, 0.4) is 0 Å². The highest BCUT2D eigenvalue weighted by Gasteiger charge is 2.47. The maximum Gasteiger partial charge on any atom is 0.523 e. The van der Waals surface area contributed by atoms with E-state index >= 15 is 0 Å². The summed E-state index contributed by atoms with van der Waals surface area (Å²) in [5, 5.41) is 0. The lowest BCUT2D eigenvalue weighted by Gasteiger charge is -2.19. The molecule has 0 saturated heterocycles. The first-order valence-electron chi connectivity index (χ1n) is 6.48. The molecule has 0 aliphatic carbocycles. The average molecular weight is 324 g/mol. The van der Waals surface area contributed by atoms with Crippen molar-refractivity contribution >= 4 is 10.1 Å². The van der Waals surface area contributed by atoms with E-state index in [4.69, 9.17) is 0 Å². The summed E-state index contributed by atoms with van der Waals surface area (Å²) in [5.74, 6) is 0. The number of aryl methyl sites for hydroxylation is 1. The van der Waals surface area contributed by atoms with E-state index in [0.717, 1.165) is 11.1 Å². The van der Waals surface area contributed by atoms with Gasteiger partial charge in [-0.05, 0) is 29.4 Å². The second-order valence-corrected chi connectivity index (χ2v) is 7.38. The number of alkyl halides is 3. The molecule has 0 fully saturated rings. The van der Waals surface area contributed by atoms with Crippen LogP contribution in [-0.2, 0) is 26.1 Å². The van der Waals surface area contributed by atoms with Gasteiger partial charge < -0.3 is 0 Å². The maximum atomic E-state index is 12.0. The number of benzene rings is 1. The van der Waals surface area contributed by atoms with Gasteiger partial charge in [-0.1, -0.05) is 45.0 Å². The SMILES string of the molecule is CC(C)(C)c1ccc(CCCOS(=O)(=O)C(F)(F)F)cc1. The van der Waals surface area contributed by atoms with E-state index in [-0.39, 0.29) is 11.8 Å². The van der Waals surface area contributed by atoms with Crippen LogP contribution in [0.2, 0.25) is 0 Å². The minimum Gasteiger partial charge on any atom is -0.263 e. The van der Waals surface area contributed by atoms with E-state index in [9.17, 15) is 21.6 Å². The highest BCUT2D eigenvalue weighted by atomic mass is 32.2. The summed E-state index contributed by atoms with van der Waals surface area (Å²) in [6.45, 7) is 5.76. The Balaban J connectivity index is 2.48. The second kappa shape index (κ2) is 6.36. The van der Waals surface area contributed by atoms with Gasteiger partial charge in [-0.15, -0.1) is 0 Å². The Labute approximate surface area is 123 Å². The molecule has 0 aromatic heterocycles. The van der Waals surface area contributed by atoms with Gasteiger partial charge in [0.1, 0.15) is 0 Å². The van der Waals surface area contributed by atoms with Crippen molar-refractivity contribution in [3.63, 3.8) is 0 Å². The summed E-state index contributed by atoms with van der Waals surface area (Å²) in [6.07, 6.45) is 0.655. The zero-order valence-electron chi connectivity index (χ0n) is 12.2. The molecule has 1 aromatic rings. The van der Waals surface area contributed by atoms with Crippen LogP contribution in [-0.4, -0.2) is 20.5 Å². The van der Waals surface area contributed by atoms with Crippen molar-refractivity contribution in [2.75, 3.05) is 6.61 Å². The Morgan fingerprint density at radius 3 is 2.00 bits per heavy atom. The van der Waals surface area contributed by atoms with E-state index in [2.05, 4.69) is 25.0 Å². The molecule has 0 N–H and O–H groups in total. The Hall–Kier alpha value is -1.08. The molecule has 7 heteroatoms. The fraction of sp³-hybridized carbons (Fsp3) is 0.571. The molecular weight excluding hydrogens is 305 g/mol. The molecule has 0 unspecified atom stereocenters. The first-order chi connectivity index (χ1) is 9.43.